The molecule has 16 heavy (non-hydrogen) atoms. The quantitative estimate of drug-likeness (QED) is 0.678. The van der Waals surface area contributed by atoms with Crippen LogP contribution < -0.4 is 0 Å². The number of fused-ring (bicyclic) bond motifs is 1. The number of para-hydroxylation sites is 1. The Hall–Kier alpha value is -1.68. The lowest BCUT2D eigenvalue weighted by Gasteiger charge is -2.01. The summed E-state index contributed by atoms with van der Waals surface area (Å²) in [4.78, 5) is 14.8. The van der Waals surface area contributed by atoms with Crippen molar-refractivity contribution in [2.24, 2.45) is 0 Å². The van der Waals surface area contributed by atoms with Crippen LogP contribution in [-0.4, -0.2) is 16.1 Å². The van der Waals surface area contributed by atoms with Crippen molar-refractivity contribution in [3.05, 3.63) is 46.6 Å². The molecule has 80 valence electrons. The number of carboxylic acids is 1. The van der Waals surface area contributed by atoms with Crippen molar-refractivity contribution in [1.82, 2.24) is 4.98 Å². The Labute approximate surface area is 101 Å². The topological polar surface area (TPSA) is 50.2 Å². The number of benzene rings is 1. The van der Waals surface area contributed by atoms with Gasteiger partial charge in [0.05, 0.1) is 5.52 Å². The van der Waals surface area contributed by atoms with Gasteiger partial charge in [-0.15, -0.1) is 0 Å². The molecule has 0 saturated heterocycles. The van der Waals surface area contributed by atoms with Crippen LogP contribution in [0.3, 0.4) is 0 Å². The summed E-state index contributed by atoms with van der Waals surface area (Å²) in [5.74, 6) is -0.972. The van der Waals surface area contributed by atoms with Gasteiger partial charge in [-0.3, -0.25) is 0 Å². The first-order valence-corrected chi connectivity index (χ1v) is 5.42. The van der Waals surface area contributed by atoms with Gasteiger partial charge in [0, 0.05) is 17.0 Å². The second-order valence-corrected chi connectivity index (χ2v) is 3.98. The van der Waals surface area contributed by atoms with Crippen LogP contribution in [0.25, 0.3) is 17.0 Å². The van der Waals surface area contributed by atoms with Gasteiger partial charge < -0.3 is 5.11 Å². The molecule has 1 heterocycles. The normalized spacial score (nSPS) is 11.1. The van der Waals surface area contributed by atoms with Crippen molar-refractivity contribution < 1.29 is 9.90 Å². The zero-order valence-corrected chi connectivity index (χ0v) is 9.81. The van der Waals surface area contributed by atoms with Crippen LogP contribution >= 0.6 is 15.9 Å². The molecule has 1 aromatic carbocycles. The van der Waals surface area contributed by atoms with E-state index < -0.39 is 5.97 Å². The molecule has 0 aliphatic rings. The lowest BCUT2D eigenvalue weighted by molar-refractivity contribution is -0.131. The maximum Gasteiger partial charge on any atom is 0.328 e. The van der Waals surface area contributed by atoms with Crippen LogP contribution in [0.15, 0.2) is 41.0 Å². The average Bonchev–Trinajstić information content (AvgIpc) is 2.26. The van der Waals surface area contributed by atoms with E-state index >= 15 is 0 Å². The molecule has 0 amide bonds. The second kappa shape index (κ2) is 4.45. The van der Waals surface area contributed by atoms with E-state index in [-0.39, 0.29) is 0 Å². The Balaban J connectivity index is 2.54. The van der Waals surface area contributed by atoms with Crippen molar-refractivity contribution in [1.29, 1.82) is 0 Å². The number of aliphatic carboxylic acids is 1. The molecule has 0 spiro atoms. The van der Waals surface area contributed by atoms with E-state index in [2.05, 4.69) is 20.9 Å². The molecule has 0 saturated carbocycles. The van der Waals surface area contributed by atoms with Crippen molar-refractivity contribution in [2.75, 3.05) is 0 Å². The molecule has 0 aliphatic carbocycles. The van der Waals surface area contributed by atoms with Gasteiger partial charge in [0.1, 0.15) is 4.60 Å². The van der Waals surface area contributed by atoms with Crippen molar-refractivity contribution >= 4 is 38.9 Å². The number of hydrogen-bond acceptors (Lipinski definition) is 2. The first-order valence-electron chi connectivity index (χ1n) is 4.63. The molecule has 2 aromatic rings. The maximum absolute atomic E-state index is 10.4. The number of halogens is 1. The smallest absolute Gasteiger partial charge is 0.328 e. The fraction of sp³-hybridized carbons (Fsp3) is 0. The summed E-state index contributed by atoms with van der Waals surface area (Å²) in [5, 5.41) is 9.54. The fourth-order valence-electron chi connectivity index (χ4n) is 1.39. The molecular formula is C12H8BrNO2. The van der Waals surface area contributed by atoms with Crippen molar-refractivity contribution in [3.8, 4) is 0 Å². The third kappa shape index (κ3) is 2.28. The largest absolute Gasteiger partial charge is 0.478 e. The summed E-state index contributed by atoms with van der Waals surface area (Å²) in [7, 11) is 0. The highest BCUT2D eigenvalue weighted by atomic mass is 79.9. The Morgan fingerprint density at radius 3 is 2.88 bits per heavy atom. The molecule has 1 N–H and O–H groups in total. The molecular weight excluding hydrogens is 270 g/mol. The first kappa shape index (κ1) is 10.8. The summed E-state index contributed by atoms with van der Waals surface area (Å²) in [6, 6.07) is 9.57. The number of nitrogens with zero attached hydrogens (tertiary/aromatic N) is 1. The highest BCUT2D eigenvalue weighted by Crippen LogP contribution is 2.21. The number of aromatic nitrogens is 1. The molecule has 0 unspecified atom stereocenters. The number of rotatable bonds is 2. The van der Waals surface area contributed by atoms with Crippen molar-refractivity contribution in [3.63, 3.8) is 0 Å². The number of carboxylic acid groups (broad SMARTS) is 1. The summed E-state index contributed by atoms with van der Waals surface area (Å²) in [6.07, 6.45) is 2.61. The van der Waals surface area contributed by atoms with E-state index in [1.165, 1.54) is 6.08 Å². The zero-order chi connectivity index (χ0) is 11.5. The van der Waals surface area contributed by atoms with Gasteiger partial charge in [-0.1, -0.05) is 18.2 Å². The molecule has 4 heteroatoms. The van der Waals surface area contributed by atoms with Crippen LogP contribution in [0.1, 0.15) is 5.56 Å². The Bertz CT molecular complexity index is 578. The van der Waals surface area contributed by atoms with Crippen LogP contribution in [-0.2, 0) is 4.79 Å². The van der Waals surface area contributed by atoms with Gasteiger partial charge in [-0.2, -0.15) is 0 Å². The molecule has 1 aromatic heterocycles. The van der Waals surface area contributed by atoms with E-state index in [1.807, 2.05) is 30.3 Å². The van der Waals surface area contributed by atoms with E-state index in [0.29, 0.717) is 4.60 Å². The van der Waals surface area contributed by atoms with Gasteiger partial charge >= 0.3 is 5.97 Å². The second-order valence-electron chi connectivity index (χ2n) is 3.23. The zero-order valence-electron chi connectivity index (χ0n) is 8.22. The lowest BCUT2D eigenvalue weighted by Crippen LogP contribution is -1.88. The first-order chi connectivity index (χ1) is 7.66. The van der Waals surface area contributed by atoms with E-state index in [4.69, 9.17) is 5.11 Å². The van der Waals surface area contributed by atoms with Gasteiger partial charge in [0.2, 0.25) is 0 Å². The van der Waals surface area contributed by atoms with Gasteiger partial charge in [-0.05, 0) is 34.1 Å². The monoisotopic (exact) mass is 277 g/mol. The highest BCUT2D eigenvalue weighted by Gasteiger charge is 2.01. The number of pyridine rings is 1. The Kier molecular flexibility index (Phi) is 3.01. The summed E-state index contributed by atoms with van der Waals surface area (Å²) >= 11 is 3.31. The summed E-state index contributed by atoms with van der Waals surface area (Å²) in [6.45, 7) is 0. The minimum atomic E-state index is -0.972. The summed E-state index contributed by atoms with van der Waals surface area (Å²) in [5.41, 5.74) is 1.63. The fourth-order valence-corrected chi connectivity index (χ4v) is 1.82. The predicted octanol–water partition coefficient (Wildman–Crippen LogP) is 3.10. The molecule has 0 bridgehead atoms. The van der Waals surface area contributed by atoms with Crippen LogP contribution in [0.5, 0.6) is 0 Å². The Morgan fingerprint density at radius 2 is 2.12 bits per heavy atom. The predicted molar refractivity (Wildman–Crippen MR) is 66.1 cm³/mol. The van der Waals surface area contributed by atoms with Gasteiger partial charge in [-0.25, -0.2) is 9.78 Å². The number of hydrogen-bond donors (Lipinski definition) is 1. The molecule has 3 nitrogen and oxygen atoms in total. The molecule has 2 rings (SSSR count). The lowest BCUT2D eigenvalue weighted by atomic mass is 10.1. The maximum atomic E-state index is 10.4. The van der Waals surface area contributed by atoms with Crippen LogP contribution in [0, 0.1) is 0 Å². The van der Waals surface area contributed by atoms with Crippen molar-refractivity contribution in [2.45, 2.75) is 0 Å². The van der Waals surface area contributed by atoms with Crippen LogP contribution in [0.2, 0.25) is 0 Å². The minimum absolute atomic E-state index is 0.642. The van der Waals surface area contributed by atoms with Crippen LogP contribution in [0.4, 0.5) is 0 Å². The molecule has 0 fully saturated rings. The molecule has 0 radical (unpaired) electrons. The third-order valence-corrected chi connectivity index (χ3v) is 2.75. The van der Waals surface area contributed by atoms with E-state index in [9.17, 15) is 4.79 Å². The average molecular weight is 278 g/mol. The van der Waals surface area contributed by atoms with E-state index in [1.54, 1.807) is 0 Å². The summed E-state index contributed by atoms with van der Waals surface area (Å²) < 4.78 is 0.642. The third-order valence-electron chi connectivity index (χ3n) is 2.11. The minimum Gasteiger partial charge on any atom is -0.478 e. The van der Waals surface area contributed by atoms with Gasteiger partial charge in [0.25, 0.3) is 0 Å². The van der Waals surface area contributed by atoms with E-state index in [0.717, 1.165) is 22.5 Å². The highest BCUT2D eigenvalue weighted by molar-refractivity contribution is 9.10. The SMILES string of the molecule is O=C(O)/C=C/c1cc2ccccc2nc1Br. The molecule has 0 aliphatic heterocycles. The Morgan fingerprint density at radius 1 is 1.38 bits per heavy atom. The molecule has 0 atom stereocenters. The standard InChI is InChI=1S/C12H8BrNO2/c13-12-9(5-6-11(15)16)7-8-3-1-2-4-10(8)14-12/h1-7H,(H,15,16)/b6-5+. The van der Waals surface area contributed by atoms with Gasteiger partial charge in [0.15, 0.2) is 0 Å². The number of carbonyl (C=O) groups is 1.